The van der Waals surface area contributed by atoms with Gasteiger partial charge in [-0.1, -0.05) is 0 Å². The maximum Gasteiger partial charge on any atom is 0.335 e. The Morgan fingerprint density at radius 1 is 0.283 bits per heavy atom. The van der Waals surface area contributed by atoms with Crippen LogP contribution in [0.1, 0.15) is 69.1 Å². The van der Waals surface area contributed by atoms with Crippen molar-refractivity contribution >= 4 is 35.6 Å². The lowest BCUT2D eigenvalue weighted by Gasteiger charge is -2.09. The van der Waals surface area contributed by atoms with Gasteiger partial charge in [0.05, 0.1) is 27.8 Å². The number of aromatic nitrogens is 12. The number of hydrogen-bond donors (Lipinski definition) is 5. The fourth-order valence-electron chi connectivity index (χ4n) is 5.49. The van der Waals surface area contributed by atoms with Gasteiger partial charge in [0.1, 0.15) is 0 Å². The topological polar surface area (TPSA) is 358 Å². The van der Waals surface area contributed by atoms with Crippen LogP contribution in [0.4, 0.5) is 0 Å². The summed E-state index contributed by atoms with van der Waals surface area (Å²) in [4.78, 5) is 70.4. The highest BCUT2D eigenvalue weighted by Gasteiger charge is 2.20. The Hall–Kier alpha value is -9.28. The summed E-state index contributed by atoms with van der Waals surface area (Å²) in [6.07, 6.45) is 0. The average molecular weight is 809 g/mol. The van der Waals surface area contributed by atoms with E-state index in [0.29, 0.717) is 0 Å². The molecule has 23 nitrogen and oxygen atoms in total. The molecule has 0 radical (unpaired) electrons. The third-order valence-corrected chi connectivity index (χ3v) is 8.36. The van der Waals surface area contributed by atoms with Gasteiger partial charge in [-0.15, -0.1) is 61.2 Å². The number of ketones is 1. The molecule has 0 fully saturated rings. The second-order valence-corrected chi connectivity index (χ2v) is 12.4. The van der Waals surface area contributed by atoms with Gasteiger partial charge in [0.15, 0.2) is 5.78 Å². The fourth-order valence-corrected chi connectivity index (χ4v) is 5.49. The smallest absolute Gasteiger partial charge is 0.335 e. The molecule has 3 heterocycles. The molecule has 0 aliphatic carbocycles. The van der Waals surface area contributed by atoms with Crippen LogP contribution in [-0.2, 0) is 0 Å². The van der Waals surface area contributed by atoms with Gasteiger partial charge in [-0.3, -0.25) is 4.79 Å². The lowest BCUT2D eigenvalue weighted by Crippen LogP contribution is -2.06. The number of carbonyl (C=O) groups excluding carboxylic acids is 1. The molecule has 23 heteroatoms. The Balaban J connectivity index is 1.31. The molecule has 0 unspecified atom stereocenters. The highest BCUT2D eigenvalue weighted by molar-refractivity contribution is 5.99. The van der Waals surface area contributed by atoms with E-state index >= 15 is 0 Å². The van der Waals surface area contributed by atoms with Gasteiger partial charge in [0.25, 0.3) is 0 Å². The molecule has 5 N–H and O–H groups in total. The number of benzene rings is 4. The molecule has 7 rings (SSSR count). The van der Waals surface area contributed by atoms with E-state index in [2.05, 4.69) is 61.2 Å². The number of hydrogen-bond acceptors (Lipinski definition) is 18. The zero-order valence-corrected chi connectivity index (χ0v) is 30.0. The zero-order valence-electron chi connectivity index (χ0n) is 30.0. The minimum atomic E-state index is -1.40. The average Bonchev–Trinajstić information content (AvgIpc) is 3.25. The van der Waals surface area contributed by atoms with Crippen molar-refractivity contribution < 1.29 is 54.3 Å². The summed E-state index contributed by atoms with van der Waals surface area (Å²) in [6, 6.07) is 14.8. The Kier molecular flexibility index (Phi) is 10.2. The Bertz CT molecular complexity index is 2520. The quantitative estimate of drug-likeness (QED) is 0.111. The second-order valence-electron chi connectivity index (χ2n) is 12.4. The summed E-state index contributed by atoms with van der Waals surface area (Å²) >= 11 is 0. The zero-order chi connectivity index (χ0) is 42.8. The molecule has 0 amide bonds. The molecule has 0 bridgehead atoms. The van der Waals surface area contributed by atoms with Crippen LogP contribution in [0.5, 0.6) is 0 Å². The number of nitrogens with zero attached hydrogens (tertiary/aromatic N) is 12. The fraction of sp³-hybridized carbons (Fsp3) is 0.0270. The summed E-state index contributed by atoms with van der Waals surface area (Å²) in [5, 5.41) is 96.5. The van der Waals surface area contributed by atoms with Crippen LogP contribution < -0.4 is 0 Å². The molecule has 0 aliphatic rings. The molecule has 4 aromatic carbocycles. The molecule has 0 atom stereocenters. The summed E-state index contributed by atoms with van der Waals surface area (Å²) in [5.41, 5.74) is -0.792. The van der Waals surface area contributed by atoms with Crippen molar-refractivity contribution in [1.29, 1.82) is 0 Å². The number of carboxylic acids is 5. The summed E-state index contributed by atoms with van der Waals surface area (Å²) in [7, 11) is 0. The summed E-state index contributed by atoms with van der Waals surface area (Å²) < 4.78 is 0. The highest BCUT2D eigenvalue weighted by atomic mass is 16.4. The molecule has 0 aliphatic heterocycles. The molecular weight excluding hydrogens is 788 g/mol. The standard InChI is InChI=1S/C37H20N12O11/c1-14(50)15-2-16(7-22(3-15)33(51)52)27-38-40-28(41-39-27)17-4-18(29-42-46-31(47-43-29)20-8-23(34(53)54)12-24(9-20)35(55)56)6-19(5-17)30-44-48-32(49-45-30)21-10-25(36(57)58)13-26(11-21)37(59)60/h2-13H,1H3,(H,51,52)(H,53,54)(H,55,56)(H,57,58)(H,59,60). The number of Topliss-reactive ketones (excluding diaryl/α,β-unsaturated/α-hetero) is 1. The second kappa shape index (κ2) is 15.7. The van der Waals surface area contributed by atoms with E-state index in [1.54, 1.807) is 0 Å². The Morgan fingerprint density at radius 2 is 0.450 bits per heavy atom. The van der Waals surface area contributed by atoms with Crippen LogP contribution >= 0.6 is 0 Å². The van der Waals surface area contributed by atoms with E-state index in [4.69, 9.17) is 0 Å². The summed E-state index contributed by atoms with van der Waals surface area (Å²) in [6.45, 7) is 1.26. The van der Waals surface area contributed by atoms with E-state index in [0.717, 1.165) is 36.4 Å². The van der Waals surface area contributed by atoms with Gasteiger partial charge in [0.2, 0.25) is 34.9 Å². The van der Waals surface area contributed by atoms with Crippen molar-refractivity contribution in [3.05, 3.63) is 106 Å². The van der Waals surface area contributed by atoms with Crippen LogP contribution in [0, 0.1) is 0 Å². The van der Waals surface area contributed by atoms with E-state index in [9.17, 15) is 54.3 Å². The Morgan fingerprint density at radius 3 is 0.633 bits per heavy atom. The van der Waals surface area contributed by atoms with Crippen molar-refractivity contribution in [2.24, 2.45) is 0 Å². The number of aromatic carboxylic acids is 5. The van der Waals surface area contributed by atoms with E-state index in [1.165, 1.54) is 43.3 Å². The van der Waals surface area contributed by atoms with Crippen molar-refractivity contribution in [2.45, 2.75) is 6.92 Å². The van der Waals surface area contributed by atoms with Crippen LogP contribution in [0.3, 0.4) is 0 Å². The number of carboxylic acid groups (broad SMARTS) is 5. The first-order valence-corrected chi connectivity index (χ1v) is 16.7. The van der Waals surface area contributed by atoms with Crippen molar-refractivity contribution in [2.75, 3.05) is 0 Å². The monoisotopic (exact) mass is 808 g/mol. The lowest BCUT2D eigenvalue weighted by atomic mass is 10.0. The molecule has 294 valence electrons. The van der Waals surface area contributed by atoms with Crippen LogP contribution in [0.25, 0.3) is 68.3 Å². The normalized spacial score (nSPS) is 10.8. The van der Waals surface area contributed by atoms with Crippen LogP contribution in [0.15, 0.2) is 72.8 Å². The molecule has 7 aromatic rings. The van der Waals surface area contributed by atoms with Gasteiger partial charge in [-0.05, 0) is 79.7 Å². The molecule has 0 spiro atoms. The predicted molar refractivity (Wildman–Crippen MR) is 197 cm³/mol. The van der Waals surface area contributed by atoms with Crippen LogP contribution in [-0.4, -0.2) is 122 Å². The van der Waals surface area contributed by atoms with Gasteiger partial charge in [0, 0.05) is 38.9 Å². The van der Waals surface area contributed by atoms with Crippen LogP contribution in [0.2, 0.25) is 0 Å². The predicted octanol–water partition coefficient (Wildman–Crippen LogP) is 3.12. The Labute approximate surface area is 332 Å². The van der Waals surface area contributed by atoms with Gasteiger partial charge in [-0.2, -0.15) is 0 Å². The van der Waals surface area contributed by atoms with Gasteiger partial charge < -0.3 is 25.5 Å². The molecule has 60 heavy (non-hydrogen) atoms. The lowest BCUT2D eigenvalue weighted by molar-refractivity contribution is 0.0676. The molecule has 0 saturated heterocycles. The number of carbonyl (C=O) groups is 6. The maximum absolute atomic E-state index is 12.1. The maximum atomic E-state index is 12.1. The largest absolute Gasteiger partial charge is 0.478 e. The van der Waals surface area contributed by atoms with Gasteiger partial charge in [-0.25, -0.2) is 24.0 Å². The van der Waals surface area contributed by atoms with Crippen molar-refractivity contribution in [1.82, 2.24) is 61.2 Å². The van der Waals surface area contributed by atoms with Gasteiger partial charge >= 0.3 is 29.8 Å². The minimum Gasteiger partial charge on any atom is -0.478 e. The van der Waals surface area contributed by atoms with E-state index < -0.39 is 35.6 Å². The van der Waals surface area contributed by atoms with E-state index in [-0.39, 0.29) is 102 Å². The van der Waals surface area contributed by atoms with E-state index in [1.807, 2.05) is 0 Å². The third-order valence-electron chi connectivity index (χ3n) is 8.36. The summed E-state index contributed by atoms with van der Waals surface area (Å²) in [5.74, 6) is -8.17. The SMILES string of the molecule is CC(=O)c1cc(C(=O)O)cc(-c2nnc(-c3cc(-c4nnc(-c5cc(C(=O)O)cc(C(=O)O)c5)nn4)cc(-c4nnc(-c5cc(C(=O)O)cc(C(=O)O)c5)nn4)c3)nn2)c1. The number of rotatable bonds is 12. The first kappa shape index (κ1) is 39.0. The minimum absolute atomic E-state index is 0.00162. The third kappa shape index (κ3) is 8.14. The highest BCUT2D eigenvalue weighted by Crippen LogP contribution is 2.30. The van der Waals surface area contributed by atoms with Crippen molar-refractivity contribution in [3.8, 4) is 68.3 Å². The first-order valence-electron chi connectivity index (χ1n) is 16.7. The first-order chi connectivity index (χ1) is 28.6. The molecular formula is C37H20N12O11. The molecule has 0 saturated carbocycles. The molecule has 3 aromatic heterocycles. The van der Waals surface area contributed by atoms with Crippen molar-refractivity contribution in [3.63, 3.8) is 0 Å².